The fourth-order valence-corrected chi connectivity index (χ4v) is 2.16. The van der Waals surface area contributed by atoms with E-state index in [1.165, 1.54) is 6.92 Å². The number of nitrogens with zero attached hydrogens (tertiary/aromatic N) is 3. The first-order valence-corrected chi connectivity index (χ1v) is 7.77. The molecule has 0 aliphatic rings. The van der Waals surface area contributed by atoms with Crippen LogP contribution in [-0.4, -0.2) is 53.7 Å². The molecule has 0 unspecified atom stereocenters. The Balaban J connectivity index is 2.13. The highest BCUT2D eigenvalue weighted by atomic mass is 16.2. The van der Waals surface area contributed by atoms with Crippen molar-refractivity contribution < 1.29 is 9.59 Å². The minimum absolute atomic E-state index is 0.0941. The minimum atomic E-state index is -0.133. The summed E-state index contributed by atoms with van der Waals surface area (Å²) in [7, 11) is 3.92. The Morgan fingerprint density at radius 1 is 1.21 bits per heavy atom. The standard InChI is InChI=1S/C17H23N5O2/c1-13(23)19-10-14-11-20-22(12-14)16-7-5-4-6-15(16)17(24)18-8-9-21(2)3/h4-7,11-12H,8-10H2,1-3H3,(H,18,24)(H,19,23). The average molecular weight is 329 g/mol. The molecular weight excluding hydrogens is 306 g/mol. The normalized spacial score (nSPS) is 10.7. The van der Waals surface area contributed by atoms with Crippen LogP contribution in [0.2, 0.25) is 0 Å². The fraction of sp³-hybridized carbons (Fsp3) is 0.353. The molecule has 0 saturated heterocycles. The average Bonchev–Trinajstić information content (AvgIpc) is 3.01. The van der Waals surface area contributed by atoms with E-state index in [9.17, 15) is 9.59 Å². The summed E-state index contributed by atoms with van der Waals surface area (Å²) in [5.74, 6) is -0.227. The molecule has 2 rings (SSSR count). The van der Waals surface area contributed by atoms with E-state index in [2.05, 4.69) is 15.7 Å². The van der Waals surface area contributed by atoms with E-state index < -0.39 is 0 Å². The highest BCUT2D eigenvalue weighted by Gasteiger charge is 2.13. The van der Waals surface area contributed by atoms with Crippen molar-refractivity contribution in [1.82, 2.24) is 25.3 Å². The Bertz CT molecular complexity index is 709. The van der Waals surface area contributed by atoms with Gasteiger partial charge in [0.25, 0.3) is 5.91 Å². The van der Waals surface area contributed by atoms with Gasteiger partial charge in [0.2, 0.25) is 5.91 Å². The third-order valence-electron chi connectivity index (χ3n) is 3.42. The van der Waals surface area contributed by atoms with Crippen molar-refractivity contribution >= 4 is 11.8 Å². The van der Waals surface area contributed by atoms with Gasteiger partial charge in [-0.25, -0.2) is 4.68 Å². The van der Waals surface area contributed by atoms with Crippen molar-refractivity contribution in [3.63, 3.8) is 0 Å². The second-order valence-electron chi connectivity index (χ2n) is 5.78. The van der Waals surface area contributed by atoms with Crippen LogP contribution in [0.5, 0.6) is 0 Å². The Morgan fingerprint density at radius 2 is 1.96 bits per heavy atom. The predicted octanol–water partition coefficient (Wildman–Crippen LogP) is 0.800. The van der Waals surface area contributed by atoms with Gasteiger partial charge in [-0.15, -0.1) is 0 Å². The first-order valence-electron chi connectivity index (χ1n) is 7.77. The quantitative estimate of drug-likeness (QED) is 0.787. The van der Waals surface area contributed by atoms with E-state index >= 15 is 0 Å². The van der Waals surface area contributed by atoms with Crippen LogP contribution in [0, 0.1) is 0 Å². The van der Waals surface area contributed by atoms with Crippen molar-refractivity contribution in [1.29, 1.82) is 0 Å². The van der Waals surface area contributed by atoms with Crippen LogP contribution >= 0.6 is 0 Å². The predicted molar refractivity (Wildman–Crippen MR) is 92.0 cm³/mol. The molecule has 2 aromatic rings. The fourth-order valence-electron chi connectivity index (χ4n) is 2.16. The molecule has 24 heavy (non-hydrogen) atoms. The van der Waals surface area contributed by atoms with Gasteiger partial charge in [0, 0.05) is 38.3 Å². The second kappa shape index (κ2) is 8.26. The van der Waals surface area contributed by atoms with Crippen molar-refractivity contribution in [3.8, 4) is 5.69 Å². The summed E-state index contributed by atoms with van der Waals surface area (Å²) < 4.78 is 1.65. The molecule has 2 amide bonds. The summed E-state index contributed by atoms with van der Waals surface area (Å²) in [4.78, 5) is 25.4. The number of carbonyl (C=O) groups is 2. The Labute approximate surface area is 141 Å². The summed E-state index contributed by atoms with van der Waals surface area (Å²) >= 11 is 0. The van der Waals surface area contributed by atoms with Crippen LogP contribution in [0.3, 0.4) is 0 Å². The van der Waals surface area contributed by atoms with Gasteiger partial charge in [-0.1, -0.05) is 12.1 Å². The maximum atomic E-state index is 12.4. The lowest BCUT2D eigenvalue weighted by molar-refractivity contribution is -0.119. The molecule has 0 radical (unpaired) electrons. The van der Waals surface area contributed by atoms with E-state index in [1.807, 2.05) is 43.4 Å². The lowest BCUT2D eigenvalue weighted by Crippen LogP contribution is -2.31. The number of aromatic nitrogens is 2. The maximum Gasteiger partial charge on any atom is 0.253 e. The highest BCUT2D eigenvalue weighted by molar-refractivity contribution is 5.97. The van der Waals surface area contributed by atoms with Gasteiger partial charge in [0.1, 0.15) is 0 Å². The summed E-state index contributed by atoms with van der Waals surface area (Å²) in [5.41, 5.74) is 2.13. The number of rotatable bonds is 7. The molecule has 1 aromatic heterocycles. The molecule has 2 N–H and O–H groups in total. The van der Waals surface area contributed by atoms with Crippen LogP contribution in [0.15, 0.2) is 36.7 Å². The summed E-state index contributed by atoms with van der Waals surface area (Å²) in [6.07, 6.45) is 3.48. The zero-order valence-corrected chi connectivity index (χ0v) is 14.2. The van der Waals surface area contributed by atoms with Gasteiger partial charge in [-0.3, -0.25) is 9.59 Å². The van der Waals surface area contributed by atoms with Crippen LogP contribution in [-0.2, 0) is 11.3 Å². The Kier molecular flexibility index (Phi) is 6.08. The van der Waals surface area contributed by atoms with Crippen molar-refractivity contribution in [2.45, 2.75) is 13.5 Å². The molecular formula is C17H23N5O2. The topological polar surface area (TPSA) is 79.3 Å². The van der Waals surface area contributed by atoms with Gasteiger partial charge in [-0.05, 0) is 26.2 Å². The number of benzene rings is 1. The summed E-state index contributed by atoms with van der Waals surface area (Å²) in [5, 5.41) is 9.93. The zero-order valence-electron chi connectivity index (χ0n) is 14.2. The molecule has 0 bridgehead atoms. The molecule has 7 heteroatoms. The molecule has 1 heterocycles. The lowest BCUT2D eigenvalue weighted by Gasteiger charge is -2.12. The van der Waals surface area contributed by atoms with Crippen LogP contribution in [0.1, 0.15) is 22.8 Å². The van der Waals surface area contributed by atoms with Crippen LogP contribution in [0.25, 0.3) is 5.69 Å². The number of hydrogen-bond acceptors (Lipinski definition) is 4. The Hall–Kier alpha value is -2.67. The smallest absolute Gasteiger partial charge is 0.253 e. The molecule has 1 aromatic carbocycles. The van der Waals surface area contributed by atoms with Gasteiger partial charge < -0.3 is 15.5 Å². The van der Waals surface area contributed by atoms with Gasteiger partial charge in [0.05, 0.1) is 17.4 Å². The zero-order chi connectivity index (χ0) is 17.5. The van der Waals surface area contributed by atoms with Gasteiger partial charge >= 0.3 is 0 Å². The summed E-state index contributed by atoms with van der Waals surface area (Å²) in [6.45, 7) is 3.23. The van der Waals surface area contributed by atoms with Gasteiger partial charge in [-0.2, -0.15) is 5.10 Å². The SMILES string of the molecule is CC(=O)NCc1cnn(-c2ccccc2C(=O)NCCN(C)C)c1. The minimum Gasteiger partial charge on any atom is -0.352 e. The molecule has 128 valence electrons. The molecule has 7 nitrogen and oxygen atoms in total. The van der Waals surface area contributed by atoms with Gasteiger partial charge in [0.15, 0.2) is 0 Å². The molecule has 0 fully saturated rings. The number of amides is 2. The number of carbonyl (C=O) groups excluding carboxylic acids is 2. The number of para-hydroxylation sites is 1. The first-order chi connectivity index (χ1) is 11.5. The van der Waals surface area contributed by atoms with E-state index in [-0.39, 0.29) is 11.8 Å². The number of nitrogens with one attached hydrogen (secondary N) is 2. The van der Waals surface area contributed by atoms with Crippen molar-refractivity contribution in [2.24, 2.45) is 0 Å². The van der Waals surface area contributed by atoms with Crippen LogP contribution in [0.4, 0.5) is 0 Å². The number of likely N-dealkylation sites (N-methyl/N-ethyl adjacent to an activating group) is 1. The van der Waals surface area contributed by atoms with Crippen LogP contribution < -0.4 is 10.6 Å². The highest BCUT2D eigenvalue weighted by Crippen LogP contribution is 2.14. The summed E-state index contributed by atoms with van der Waals surface area (Å²) in [6, 6.07) is 7.30. The van der Waals surface area contributed by atoms with Crippen molar-refractivity contribution in [3.05, 3.63) is 47.8 Å². The lowest BCUT2D eigenvalue weighted by atomic mass is 10.1. The van der Waals surface area contributed by atoms with E-state index in [0.717, 1.165) is 12.1 Å². The molecule has 0 saturated carbocycles. The van der Waals surface area contributed by atoms with E-state index in [0.29, 0.717) is 24.3 Å². The Morgan fingerprint density at radius 3 is 2.67 bits per heavy atom. The third-order valence-corrected chi connectivity index (χ3v) is 3.42. The third kappa shape index (κ3) is 4.92. The molecule has 0 aliphatic heterocycles. The monoisotopic (exact) mass is 329 g/mol. The largest absolute Gasteiger partial charge is 0.352 e. The van der Waals surface area contributed by atoms with E-state index in [1.54, 1.807) is 16.9 Å². The number of hydrogen-bond donors (Lipinski definition) is 2. The molecule has 0 atom stereocenters. The second-order valence-corrected chi connectivity index (χ2v) is 5.78. The first kappa shape index (κ1) is 17.7. The maximum absolute atomic E-state index is 12.4. The molecule has 0 aliphatic carbocycles. The van der Waals surface area contributed by atoms with Crippen molar-refractivity contribution in [2.75, 3.05) is 27.2 Å². The molecule has 0 spiro atoms. The van der Waals surface area contributed by atoms with E-state index in [4.69, 9.17) is 0 Å².